The first-order valence-corrected chi connectivity index (χ1v) is 7.55. The second kappa shape index (κ2) is 7.95. The van der Waals surface area contributed by atoms with E-state index in [-0.39, 0.29) is 5.69 Å². The van der Waals surface area contributed by atoms with E-state index >= 15 is 0 Å². The van der Waals surface area contributed by atoms with Gasteiger partial charge >= 0.3 is 16.9 Å². The third-order valence-corrected chi connectivity index (χ3v) is 3.14. The molecule has 2 N–H and O–H groups in total. The molecule has 0 amide bonds. The molecule has 2 rings (SSSR count). The molecule has 0 saturated carbocycles. The number of benzene rings is 1. The summed E-state index contributed by atoms with van der Waals surface area (Å²) in [5.41, 5.74) is -2.15. The van der Waals surface area contributed by atoms with Crippen molar-refractivity contribution in [1.82, 2.24) is 9.97 Å². The predicted octanol–water partition coefficient (Wildman–Crippen LogP) is 1.94. The lowest BCUT2D eigenvalue weighted by Crippen LogP contribution is -2.25. The molecule has 0 radical (unpaired) electrons. The van der Waals surface area contributed by atoms with Gasteiger partial charge in [-0.15, -0.1) is 0 Å². The van der Waals surface area contributed by atoms with Gasteiger partial charge in [0.25, 0.3) is 0 Å². The van der Waals surface area contributed by atoms with Crippen LogP contribution in [0.3, 0.4) is 0 Å². The van der Waals surface area contributed by atoms with Crippen molar-refractivity contribution in [3.63, 3.8) is 0 Å². The van der Waals surface area contributed by atoms with Gasteiger partial charge in [0, 0.05) is 0 Å². The molecule has 2 aromatic rings. The molecule has 1 aromatic heterocycles. The Labute approximate surface area is 142 Å². The summed E-state index contributed by atoms with van der Waals surface area (Å²) in [4.78, 5) is 37.2. The van der Waals surface area contributed by atoms with Crippen LogP contribution in [0.1, 0.15) is 25.1 Å². The number of H-pyrrole nitrogens is 2. The second-order valence-electron chi connectivity index (χ2n) is 4.83. The minimum atomic E-state index is -1.06. The van der Waals surface area contributed by atoms with Crippen molar-refractivity contribution < 1.29 is 14.4 Å². The summed E-state index contributed by atoms with van der Waals surface area (Å²) in [6.45, 7) is 4.62. The van der Waals surface area contributed by atoms with Gasteiger partial charge in [0.1, 0.15) is 5.69 Å². The van der Waals surface area contributed by atoms with Crippen LogP contribution in [0.2, 0.25) is 0 Å². The Kier molecular flexibility index (Phi) is 5.72. The Balaban J connectivity index is 2.43. The SMILES string of the molecule is CCOc1ccc(/C=C/c2[nH]c(=O)[nH]c(=O)c2[N+](=O)[O-])cc1OCC. The molecule has 9 nitrogen and oxygen atoms in total. The second-order valence-corrected chi connectivity index (χ2v) is 4.83. The Morgan fingerprint density at radius 2 is 1.76 bits per heavy atom. The van der Waals surface area contributed by atoms with E-state index in [4.69, 9.17) is 9.47 Å². The van der Waals surface area contributed by atoms with E-state index in [1.54, 1.807) is 18.2 Å². The number of hydrogen-bond acceptors (Lipinski definition) is 6. The number of aromatic amines is 2. The van der Waals surface area contributed by atoms with E-state index in [1.165, 1.54) is 12.2 Å². The number of rotatable bonds is 7. The molecule has 0 bridgehead atoms. The molecule has 0 atom stereocenters. The summed E-state index contributed by atoms with van der Waals surface area (Å²) in [6, 6.07) is 5.13. The van der Waals surface area contributed by atoms with Gasteiger partial charge in [0.2, 0.25) is 0 Å². The zero-order valence-corrected chi connectivity index (χ0v) is 13.7. The first-order chi connectivity index (χ1) is 12.0. The quantitative estimate of drug-likeness (QED) is 0.582. The van der Waals surface area contributed by atoms with Crippen LogP contribution in [0, 0.1) is 10.1 Å². The van der Waals surface area contributed by atoms with Crippen LogP contribution in [0.5, 0.6) is 11.5 Å². The van der Waals surface area contributed by atoms with Crippen molar-refractivity contribution in [3.8, 4) is 11.5 Å². The first kappa shape index (κ1) is 18.0. The zero-order valence-electron chi connectivity index (χ0n) is 13.7. The Morgan fingerprint density at radius 1 is 1.08 bits per heavy atom. The third-order valence-electron chi connectivity index (χ3n) is 3.14. The summed E-state index contributed by atoms with van der Waals surface area (Å²) in [6.07, 6.45) is 2.82. The van der Waals surface area contributed by atoms with Crippen molar-refractivity contribution in [3.05, 3.63) is 60.4 Å². The van der Waals surface area contributed by atoms with Crippen molar-refractivity contribution >= 4 is 17.8 Å². The molecule has 0 aliphatic rings. The number of nitrogens with zero attached hydrogens (tertiary/aromatic N) is 1. The molecule has 25 heavy (non-hydrogen) atoms. The molecular weight excluding hydrogens is 330 g/mol. The topological polar surface area (TPSA) is 127 Å². The van der Waals surface area contributed by atoms with Crippen LogP contribution in [0.4, 0.5) is 5.69 Å². The number of nitro groups is 1. The minimum absolute atomic E-state index is 0.189. The summed E-state index contributed by atoms with van der Waals surface area (Å²) in [5, 5.41) is 11.0. The summed E-state index contributed by atoms with van der Waals surface area (Å²) >= 11 is 0. The van der Waals surface area contributed by atoms with E-state index in [1.807, 2.05) is 18.8 Å². The molecular formula is C16H17N3O6. The van der Waals surface area contributed by atoms with E-state index in [2.05, 4.69) is 4.98 Å². The average molecular weight is 347 g/mol. The molecule has 1 aromatic carbocycles. The molecule has 132 valence electrons. The molecule has 0 aliphatic carbocycles. The largest absolute Gasteiger partial charge is 0.490 e. The first-order valence-electron chi connectivity index (χ1n) is 7.55. The van der Waals surface area contributed by atoms with Gasteiger partial charge in [0.15, 0.2) is 11.5 Å². The van der Waals surface area contributed by atoms with Crippen LogP contribution < -0.4 is 20.7 Å². The highest BCUT2D eigenvalue weighted by molar-refractivity contribution is 5.72. The van der Waals surface area contributed by atoms with Crippen molar-refractivity contribution in [1.29, 1.82) is 0 Å². The van der Waals surface area contributed by atoms with E-state index in [9.17, 15) is 19.7 Å². The van der Waals surface area contributed by atoms with Gasteiger partial charge in [-0.2, -0.15) is 0 Å². The fourth-order valence-corrected chi connectivity index (χ4v) is 2.15. The number of nitrogens with one attached hydrogen (secondary N) is 2. The maximum absolute atomic E-state index is 11.6. The number of ether oxygens (including phenoxy) is 2. The molecule has 0 fully saturated rings. The maximum Gasteiger partial charge on any atom is 0.357 e. The Morgan fingerprint density at radius 3 is 2.40 bits per heavy atom. The smallest absolute Gasteiger partial charge is 0.357 e. The van der Waals surface area contributed by atoms with Crippen molar-refractivity contribution in [2.24, 2.45) is 0 Å². The van der Waals surface area contributed by atoms with Crippen molar-refractivity contribution in [2.75, 3.05) is 13.2 Å². The normalized spacial score (nSPS) is 10.8. The van der Waals surface area contributed by atoms with Gasteiger partial charge in [-0.1, -0.05) is 12.1 Å². The Hall–Kier alpha value is -3.36. The molecule has 0 saturated heterocycles. The molecule has 1 heterocycles. The summed E-state index contributed by atoms with van der Waals surface area (Å²) < 4.78 is 11.0. The molecule has 0 unspecified atom stereocenters. The number of aromatic nitrogens is 2. The summed E-state index contributed by atoms with van der Waals surface area (Å²) in [5.74, 6) is 1.11. The monoisotopic (exact) mass is 347 g/mol. The molecule has 0 spiro atoms. The average Bonchev–Trinajstić information content (AvgIpc) is 2.54. The van der Waals surface area contributed by atoms with Gasteiger partial charge < -0.3 is 14.5 Å². The fourth-order valence-electron chi connectivity index (χ4n) is 2.15. The van der Waals surface area contributed by atoms with Crippen LogP contribution in [-0.2, 0) is 0 Å². The van der Waals surface area contributed by atoms with E-state index in [0.29, 0.717) is 30.3 Å². The lowest BCUT2D eigenvalue weighted by molar-refractivity contribution is -0.386. The molecule has 9 heteroatoms. The van der Waals surface area contributed by atoms with Gasteiger partial charge in [-0.05, 0) is 37.6 Å². The number of hydrogen-bond donors (Lipinski definition) is 2. The van der Waals surface area contributed by atoms with Gasteiger partial charge in [0.05, 0.1) is 18.1 Å². The maximum atomic E-state index is 11.6. The van der Waals surface area contributed by atoms with Crippen molar-refractivity contribution in [2.45, 2.75) is 13.8 Å². The third kappa shape index (κ3) is 4.34. The van der Waals surface area contributed by atoms with Crippen LogP contribution >= 0.6 is 0 Å². The van der Waals surface area contributed by atoms with Crippen LogP contribution in [0.15, 0.2) is 27.8 Å². The van der Waals surface area contributed by atoms with E-state index in [0.717, 1.165) is 0 Å². The van der Waals surface area contributed by atoms with E-state index < -0.39 is 21.9 Å². The lowest BCUT2D eigenvalue weighted by Gasteiger charge is -2.11. The lowest BCUT2D eigenvalue weighted by atomic mass is 10.1. The fraction of sp³-hybridized carbons (Fsp3) is 0.250. The highest BCUT2D eigenvalue weighted by atomic mass is 16.6. The summed E-state index contributed by atoms with van der Waals surface area (Å²) in [7, 11) is 0. The van der Waals surface area contributed by atoms with Crippen LogP contribution in [0.25, 0.3) is 12.2 Å². The van der Waals surface area contributed by atoms with Gasteiger partial charge in [-0.25, -0.2) is 4.79 Å². The van der Waals surface area contributed by atoms with Gasteiger partial charge in [-0.3, -0.25) is 19.9 Å². The molecule has 0 aliphatic heterocycles. The highest BCUT2D eigenvalue weighted by Gasteiger charge is 2.18. The minimum Gasteiger partial charge on any atom is -0.490 e. The van der Waals surface area contributed by atoms with Crippen LogP contribution in [-0.4, -0.2) is 28.1 Å². The Bertz CT molecular complexity index is 913. The standard InChI is InChI=1S/C16H17N3O6/c1-3-24-12-8-6-10(9-13(12)25-4-2)5-7-11-14(19(22)23)15(20)18-16(21)17-11/h5-9H,3-4H2,1-2H3,(H2,17,18,20,21)/b7-5+. The predicted molar refractivity (Wildman–Crippen MR) is 92.0 cm³/mol. The zero-order chi connectivity index (χ0) is 18.4. The highest BCUT2D eigenvalue weighted by Crippen LogP contribution is 2.29.